The summed E-state index contributed by atoms with van der Waals surface area (Å²) in [7, 11) is 3.20. The van der Waals surface area contributed by atoms with E-state index in [1.54, 1.807) is 26.4 Å². The highest BCUT2D eigenvalue weighted by Crippen LogP contribution is 2.22. The molecule has 0 fully saturated rings. The second kappa shape index (κ2) is 8.79. The number of rotatable bonds is 7. The summed E-state index contributed by atoms with van der Waals surface area (Å²) in [5.41, 5.74) is 0.960. The molecule has 6 heteroatoms. The number of hydrogen-bond donors (Lipinski definition) is 2. The van der Waals surface area contributed by atoms with Gasteiger partial charge in [-0.25, -0.2) is 4.79 Å². The number of amides is 2. The van der Waals surface area contributed by atoms with Crippen molar-refractivity contribution in [3.8, 4) is 0 Å². The van der Waals surface area contributed by atoms with Crippen molar-refractivity contribution in [1.82, 2.24) is 10.6 Å². The molecule has 2 N–H and O–H groups in total. The first-order valence-electron chi connectivity index (χ1n) is 6.40. The van der Waals surface area contributed by atoms with Crippen LogP contribution in [0.3, 0.4) is 0 Å². The summed E-state index contributed by atoms with van der Waals surface area (Å²) in [5, 5.41) is 6.21. The van der Waals surface area contributed by atoms with Gasteiger partial charge in [0.25, 0.3) is 0 Å². The van der Waals surface area contributed by atoms with Crippen LogP contribution in [-0.4, -0.2) is 39.4 Å². The zero-order valence-electron chi connectivity index (χ0n) is 12.0. The number of benzene rings is 1. The number of carbonyl (C=O) groups is 1. The molecule has 0 aliphatic carbocycles. The van der Waals surface area contributed by atoms with Crippen LogP contribution in [-0.2, 0) is 9.47 Å². The fourth-order valence-corrected chi connectivity index (χ4v) is 2.01. The van der Waals surface area contributed by atoms with E-state index in [0.29, 0.717) is 18.2 Å². The maximum Gasteiger partial charge on any atom is 0.315 e. The summed E-state index contributed by atoms with van der Waals surface area (Å²) in [5.74, 6) is 0. The first kappa shape index (κ1) is 16.8. The van der Waals surface area contributed by atoms with Crippen molar-refractivity contribution in [1.29, 1.82) is 0 Å². The Morgan fingerprint density at radius 2 is 1.95 bits per heavy atom. The number of nitrogens with one attached hydrogen (secondary N) is 2. The average molecular weight is 301 g/mol. The van der Waals surface area contributed by atoms with E-state index in [2.05, 4.69) is 10.6 Å². The number of halogens is 1. The molecule has 2 unspecified atom stereocenters. The first-order chi connectivity index (χ1) is 9.58. The van der Waals surface area contributed by atoms with Crippen LogP contribution in [0.4, 0.5) is 4.79 Å². The predicted octanol–water partition coefficient (Wildman–Crippen LogP) is 2.36. The van der Waals surface area contributed by atoms with Gasteiger partial charge in [-0.05, 0) is 24.6 Å². The third-order valence-electron chi connectivity index (χ3n) is 2.86. The molecule has 0 saturated heterocycles. The summed E-state index contributed by atoms with van der Waals surface area (Å²) < 4.78 is 10.3. The van der Waals surface area contributed by atoms with Gasteiger partial charge in [-0.2, -0.15) is 0 Å². The van der Waals surface area contributed by atoms with Gasteiger partial charge in [0, 0.05) is 25.8 Å². The zero-order chi connectivity index (χ0) is 15.0. The molecule has 1 aromatic carbocycles. The van der Waals surface area contributed by atoms with Gasteiger partial charge in [-0.15, -0.1) is 0 Å². The van der Waals surface area contributed by atoms with E-state index >= 15 is 0 Å². The molecule has 20 heavy (non-hydrogen) atoms. The van der Waals surface area contributed by atoms with Crippen LogP contribution in [0.25, 0.3) is 0 Å². The molecule has 5 nitrogen and oxygen atoms in total. The van der Waals surface area contributed by atoms with Crippen LogP contribution in [0.1, 0.15) is 18.6 Å². The summed E-state index contributed by atoms with van der Waals surface area (Å²) >= 11 is 5.86. The summed E-state index contributed by atoms with van der Waals surface area (Å²) in [6.45, 7) is 2.83. The van der Waals surface area contributed by atoms with Gasteiger partial charge in [-0.1, -0.05) is 23.7 Å². The van der Waals surface area contributed by atoms with Crippen molar-refractivity contribution in [2.24, 2.45) is 0 Å². The van der Waals surface area contributed by atoms with Gasteiger partial charge in [-0.3, -0.25) is 0 Å². The highest BCUT2D eigenvalue weighted by molar-refractivity contribution is 6.30. The Kier molecular flexibility index (Phi) is 7.36. The van der Waals surface area contributed by atoms with Crippen LogP contribution in [0.5, 0.6) is 0 Å². The summed E-state index contributed by atoms with van der Waals surface area (Å²) in [4.78, 5) is 11.7. The van der Waals surface area contributed by atoms with Crippen LogP contribution in [0.2, 0.25) is 5.02 Å². The maximum absolute atomic E-state index is 11.7. The van der Waals surface area contributed by atoms with Gasteiger partial charge in [0.15, 0.2) is 0 Å². The fraction of sp³-hybridized carbons (Fsp3) is 0.500. The number of methoxy groups -OCH3 is 2. The Labute approximate surface area is 124 Å². The number of ether oxygens (including phenoxy) is 2. The Bertz CT molecular complexity index is 411. The molecule has 0 bridgehead atoms. The molecule has 112 valence electrons. The van der Waals surface area contributed by atoms with Gasteiger partial charge in [0.2, 0.25) is 0 Å². The van der Waals surface area contributed by atoms with Crippen molar-refractivity contribution in [3.63, 3.8) is 0 Å². The number of hydrogen-bond acceptors (Lipinski definition) is 3. The van der Waals surface area contributed by atoms with Crippen molar-refractivity contribution in [2.75, 3.05) is 27.4 Å². The van der Waals surface area contributed by atoms with E-state index in [1.807, 2.05) is 19.1 Å². The van der Waals surface area contributed by atoms with Gasteiger partial charge < -0.3 is 20.1 Å². The lowest BCUT2D eigenvalue weighted by Gasteiger charge is -2.24. The Morgan fingerprint density at radius 3 is 2.50 bits per heavy atom. The van der Waals surface area contributed by atoms with Gasteiger partial charge in [0.05, 0.1) is 12.6 Å². The third-order valence-corrected chi connectivity index (χ3v) is 3.11. The van der Waals surface area contributed by atoms with Crippen LogP contribution in [0, 0.1) is 0 Å². The molecular formula is C14H21ClN2O3. The summed E-state index contributed by atoms with van der Waals surface area (Å²) in [6, 6.07) is 6.95. The van der Waals surface area contributed by atoms with Crippen molar-refractivity contribution >= 4 is 17.6 Å². The monoisotopic (exact) mass is 300 g/mol. The summed E-state index contributed by atoms with van der Waals surface area (Å²) in [6.07, 6.45) is -0.236. The largest absolute Gasteiger partial charge is 0.383 e. The van der Waals surface area contributed by atoms with Crippen molar-refractivity contribution in [2.45, 2.75) is 19.1 Å². The molecule has 0 aliphatic rings. The zero-order valence-corrected chi connectivity index (χ0v) is 12.7. The minimum Gasteiger partial charge on any atom is -0.383 e. The molecular weight excluding hydrogens is 280 g/mol. The van der Waals surface area contributed by atoms with Gasteiger partial charge >= 0.3 is 6.03 Å². The molecule has 1 rings (SSSR count). The smallest absolute Gasteiger partial charge is 0.315 e. The van der Waals surface area contributed by atoms with Crippen molar-refractivity contribution in [3.05, 3.63) is 34.9 Å². The number of urea groups is 1. The number of carbonyl (C=O) groups excluding carboxylic acids is 1. The van der Waals surface area contributed by atoms with E-state index in [1.165, 1.54) is 0 Å². The minimum absolute atomic E-state index is 0.177. The predicted molar refractivity (Wildman–Crippen MR) is 79.1 cm³/mol. The van der Waals surface area contributed by atoms with Crippen molar-refractivity contribution < 1.29 is 14.3 Å². The molecule has 0 saturated carbocycles. The lowest BCUT2D eigenvalue weighted by molar-refractivity contribution is 0.0761. The fourth-order valence-electron chi connectivity index (χ4n) is 1.88. The standard InChI is InChI=1S/C14H21ClN2O3/c1-10(17-14(18)16-8-9-19-2)13(20-3)11-4-6-12(15)7-5-11/h4-7,10,13H,8-9H2,1-3H3,(H2,16,17,18). The van der Waals surface area contributed by atoms with Gasteiger partial charge in [0.1, 0.15) is 6.10 Å². The maximum atomic E-state index is 11.7. The van der Waals surface area contributed by atoms with Crippen LogP contribution in [0.15, 0.2) is 24.3 Å². The normalized spacial score (nSPS) is 13.6. The topological polar surface area (TPSA) is 59.6 Å². The minimum atomic E-state index is -0.245. The van der Waals surface area contributed by atoms with E-state index in [9.17, 15) is 4.79 Å². The van der Waals surface area contributed by atoms with Crippen LogP contribution >= 0.6 is 11.6 Å². The quantitative estimate of drug-likeness (QED) is 0.760. The molecule has 1 aromatic rings. The van der Waals surface area contributed by atoms with E-state index in [-0.39, 0.29) is 18.2 Å². The van der Waals surface area contributed by atoms with E-state index in [4.69, 9.17) is 21.1 Å². The lowest BCUT2D eigenvalue weighted by atomic mass is 10.0. The Hall–Kier alpha value is -1.30. The molecule has 0 radical (unpaired) electrons. The highest BCUT2D eigenvalue weighted by atomic mass is 35.5. The molecule has 0 aromatic heterocycles. The lowest BCUT2D eigenvalue weighted by Crippen LogP contribution is -2.44. The molecule has 2 atom stereocenters. The second-order valence-corrected chi connectivity index (χ2v) is 4.83. The van der Waals surface area contributed by atoms with E-state index in [0.717, 1.165) is 5.56 Å². The highest BCUT2D eigenvalue weighted by Gasteiger charge is 2.20. The van der Waals surface area contributed by atoms with E-state index < -0.39 is 0 Å². The third kappa shape index (κ3) is 5.36. The Balaban J connectivity index is 2.56. The molecule has 0 spiro atoms. The SMILES string of the molecule is COCCNC(=O)NC(C)C(OC)c1ccc(Cl)cc1. The first-order valence-corrected chi connectivity index (χ1v) is 6.77. The second-order valence-electron chi connectivity index (χ2n) is 4.39. The molecule has 0 heterocycles. The van der Waals surface area contributed by atoms with Crippen LogP contribution < -0.4 is 10.6 Å². The molecule has 2 amide bonds. The molecule has 0 aliphatic heterocycles. The Morgan fingerprint density at radius 1 is 1.30 bits per heavy atom. The average Bonchev–Trinajstić information content (AvgIpc) is 2.42.